The highest BCUT2D eigenvalue weighted by molar-refractivity contribution is 14.1. The van der Waals surface area contributed by atoms with E-state index in [9.17, 15) is 4.79 Å². The molecule has 0 radical (unpaired) electrons. The lowest BCUT2D eigenvalue weighted by atomic mass is 9.96. The number of benzene rings is 2. The molecule has 4 N–H and O–H groups in total. The Morgan fingerprint density at radius 2 is 1.81 bits per heavy atom. The van der Waals surface area contributed by atoms with Crippen molar-refractivity contribution >= 4 is 50.9 Å². The molecular weight excluding hydrogens is 455 g/mol. The van der Waals surface area contributed by atoms with E-state index < -0.39 is 5.91 Å². The number of hydrogen-bond donors (Lipinski definition) is 2. The fraction of sp³-hybridized carbons (Fsp3) is 0.200. The molecule has 1 saturated heterocycles. The Bertz CT molecular complexity index is 1010. The van der Waals surface area contributed by atoms with Gasteiger partial charge >= 0.3 is 0 Å². The van der Waals surface area contributed by atoms with Gasteiger partial charge in [-0.05, 0) is 58.5 Å². The van der Waals surface area contributed by atoms with Crippen LogP contribution in [0.5, 0.6) is 0 Å². The monoisotopic (exact) mass is 474 g/mol. The molecule has 138 valence electrons. The summed E-state index contributed by atoms with van der Waals surface area (Å²) in [6.45, 7) is 3.19. The van der Waals surface area contributed by atoms with Crippen molar-refractivity contribution in [2.45, 2.75) is 0 Å². The zero-order valence-electron chi connectivity index (χ0n) is 14.6. The Morgan fingerprint density at radius 3 is 2.48 bits per heavy atom. The molecule has 1 aromatic heterocycles. The van der Waals surface area contributed by atoms with Gasteiger partial charge in [-0.3, -0.25) is 4.79 Å². The first-order valence-corrected chi connectivity index (χ1v) is 9.74. The summed E-state index contributed by atoms with van der Waals surface area (Å²) in [4.78, 5) is 19.1. The molecule has 0 spiro atoms. The van der Waals surface area contributed by atoms with E-state index in [2.05, 4.69) is 32.5 Å². The molecule has 3 aromatic rings. The third-order valence-electron chi connectivity index (χ3n) is 4.75. The summed E-state index contributed by atoms with van der Waals surface area (Å²) in [5, 5.41) is 0.718. The van der Waals surface area contributed by atoms with Crippen molar-refractivity contribution in [1.29, 1.82) is 0 Å². The summed E-state index contributed by atoms with van der Waals surface area (Å²) >= 11 is 2.21. The van der Waals surface area contributed by atoms with Crippen LogP contribution >= 0.6 is 22.6 Å². The van der Waals surface area contributed by atoms with Gasteiger partial charge in [0.25, 0.3) is 0 Å². The number of morpholine rings is 1. The number of amides is 1. The maximum Gasteiger partial charge on any atom is 0.250 e. The number of halogens is 1. The topological polar surface area (TPSA) is 94.5 Å². The summed E-state index contributed by atoms with van der Waals surface area (Å²) in [7, 11) is 0. The SMILES string of the molecule is NC(=O)c1c(-c2ccc(N3CCOCC3)cc2)c(N)nc2ccc(I)cc12. The highest BCUT2D eigenvalue weighted by Crippen LogP contribution is 2.35. The van der Waals surface area contributed by atoms with Crippen molar-refractivity contribution < 1.29 is 9.53 Å². The van der Waals surface area contributed by atoms with E-state index >= 15 is 0 Å². The molecule has 0 bridgehead atoms. The molecule has 2 aromatic carbocycles. The maximum atomic E-state index is 12.3. The molecule has 0 unspecified atom stereocenters. The third kappa shape index (κ3) is 3.44. The smallest absolute Gasteiger partial charge is 0.250 e. The fourth-order valence-corrected chi connectivity index (χ4v) is 3.95. The standard InChI is InChI=1S/C20H19IN4O2/c21-13-3-6-16-15(11-13)18(20(23)26)17(19(22)24-16)12-1-4-14(5-2-12)25-7-9-27-10-8-25/h1-6,11H,7-10H2,(H2,22,24)(H2,23,26). The van der Waals surface area contributed by atoms with Crippen LogP contribution in [-0.2, 0) is 4.74 Å². The van der Waals surface area contributed by atoms with Crippen molar-refractivity contribution in [1.82, 2.24) is 4.98 Å². The lowest BCUT2D eigenvalue weighted by Gasteiger charge is -2.29. The summed E-state index contributed by atoms with van der Waals surface area (Å²) in [6.07, 6.45) is 0. The molecule has 1 amide bonds. The largest absolute Gasteiger partial charge is 0.383 e. The van der Waals surface area contributed by atoms with E-state index in [0.717, 1.165) is 46.5 Å². The summed E-state index contributed by atoms with van der Waals surface area (Å²) in [6, 6.07) is 13.7. The van der Waals surface area contributed by atoms with Gasteiger partial charge in [0.1, 0.15) is 5.82 Å². The van der Waals surface area contributed by atoms with Gasteiger partial charge in [0.2, 0.25) is 5.91 Å². The van der Waals surface area contributed by atoms with Gasteiger partial charge in [0.15, 0.2) is 0 Å². The molecular formula is C20H19IN4O2. The number of fused-ring (bicyclic) bond motifs is 1. The molecule has 0 aliphatic carbocycles. The fourth-order valence-electron chi connectivity index (χ4n) is 3.46. The molecule has 0 saturated carbocycles. The van der Waals surface area contributed by atoms with Crippen LogP contribution in [0.1, 0.15) is 10.4 Å². The second-order valence-electron chi connectivity index (χ2n) is 6.42. The number of carbonyl (C=O) groups is 1. The van der Waals surface area contributed by atoms with Crippen molar-refractivity contribution in [2.75, 3.05) is 36.9 Å². The van der Waals surface area contributed by atoms with Crippen LogP contribution in [0.2, 0.25) is 0 Å². The van der Waals surface area contributed by atoms with Gasteiger partial charge in [-0.15, -0.1) is 0 Å². The molecule has 4 rings (SSSR count). The van der Waals surface area contributed by atoms with Crippen molar-refractivity contribution in [3.63, 3.8) is 0 Å². The molecule has 7 heteroatoms. The number of nitrogen functional groups attached to an aromatic ring is 1. The zero-order chi connectivity index (χ0) is 19.0. The Hall–Kier alpha value is -2.39. The Labute approximate surface area is 170 Å². The molecule has 2 heterocycles. The number of aromatic nitrogens is 1. The zero-order valence-corrected chi connectivity index (χ0v) is 16.8. The van der Waals surface area contributed by atoms with Crippen molar-refractivity contribution in [3.8, 4) is 11.1 Å². The first-order valence-electron chi connectivity index (χ1n) is 8.66. The lowest BCUT2D eigenvalue weighted by molar-refractivity contribution is 0.100. The van der Waals surface area contributed by atoms with E-state index in [1.165, 1.54) is 0 Å². The van der Waals surface area contributed by atoms with Crippen LogP contribution in [0, 0.1) is 3.57 Å². The van der Waals surface area contributed by atoms with Crippen LogP contribution in [-0.4, -0.2) is 37.2 Å². The number of pyridine rings is 1. The molecule has 27 heavy (non-hydrogen) atoms. The Balaban J connectivity index is 1.84. The van der Waals surface area contributed by atoms with Gasteiger partial charge in [0, 0.05) is 33.3 Å². The van der Waals surface area contributed by atoms with Gasteiger partial charge < -0.3 is 21.1 Å². The molecule has 6 nitrogen and oxygen atoms in total. The molecule has 0 atom stereocenters. The van der Waals surface area contributed by atoms with E-state index in [4.69, 9.17) is 16.2 Å². The average Bonchev–Trinajstić information content (AvgIpc) is 2.68. The third-order valence-corrected chi connectivity index (χ3v) is 5.42. The van der Waals surface area contributed by atoms with Crippen LogP contribution in [0.3, 0.4) is 0 Å². The van der Waals surface area contributed by atoms with Gasteiger partial charge in [0.05, 0.1) is 24.3 Å². The number of hydrogen-bond acceptors (Lipinski definition) is 5. The number of nitrogens with two attached hydrogens (primary N) is 2. The minimum atomic E-state index is -0.511. The summed E-state index contributed by atoms with van der Waals surface area (Å²) in [5.41, 5.74) is 15.6. The van der Waals surface area contributed by atoms with Gasteiger partial charge in [-0.2, -0.15) is 0 Å². The normalized spacial score (nSPS) is 14.5. The number of primary amides is 1. The number of ether oxygens (including phenoxy) is 1. The van der Waals surface area contributed by atoms with Crippen molar-refractivity contribution in [2.24, 2.45) is 5.73 Å². The minimum Gasteiger partial charge on any atom is -0.383 e. The van der Waals surface area contributed by atoms with E-state index in [0.29, 0.717) is 22.5 Å². The Kier molecular flexibility index (Phi) is 4.88. The predicted molar refractivity (Wildman–Crippen MR) is 116 cm³/mol. The molecule has 1 aliphatic rings. The minimum absolute atomic E-state index is 0.302. The van der Waals surface area contributed by atoms with Gasteiger partial charge in [-0.1, -0.05) is 12.1 Å². The van der Waals surface area contributed by atoms with Crippen LogP contribution in [0.15, 0.2) is 42.5 Å². The summed E-state index contributed by atoms with van der Waals surface area (Å²) in [5.74, 6) is -0.208. The highest BCUT2D eigenvalue weighted by Gasteiger charge is 2.20. The maximum absolute atomic E-state index is 12.3. The van der Waals surface area contributed by atoms with Crippen molar-refractivity contribution in [3.05, 3.63) is 51.6 Å². The lowest BCUT2D eigenvalue weighted by Crippen LogP contribution is -2.36. The van der Waals surface area contributed by atoms with Gasteiger partial charge in [-0.25, -0.2) is 4.98 Å². The highest BCUT2D eigenvalue weighted by atomic mass is 127. The average molecular weight is 474 g/mol. The molecule has 1 aliphatic heterocycles. The first kappa shape index (κ1) is 18.0. The second kappa shape index (κ2) is 7.32. The number of rotatable bonds is 3. The van der Waals surface area contributed by atoms with E-state index in [1.54, 1.807) is 0 Å². The van der Waals surface area contributed by atoms with Crippen LogP contribution < -0.4 is 16.4 Å². The quantitative estimate of drug-likeness (QED) is 0.570. The first-order chi connectivity index (χ1) is 13.0. The number of anilines is 2. The van der Waals surface area contributed by atoms with E-state index in [1.807, 2.05) is 42.5 Å². The number of nitrogens with zero attached hydrogens (tertiary/aromatic N) is 2. The van der Waals surface area contributed by atoms with Crippen LogP contribution in [0.4, 0.5) is 11.5 Å². The number of carbonyl (C=O) groups excluding carboxylic acids is 1. The second-order valence-corrected chi connectivity index (χ2v) is 7.66. The van der Waals surface area contributed by atoms with E-state index in [-0.39, 0.29) is 0 Å². The van der Waals surface area contributed by atoms with Crippen LogP contribution in [0.25, 0.3) is 22.0 Å². The molecule has 1 fully saturated rings. The predicted octanol–water partition coefficient (Wildman–Crippen LogP) is 3.02. The summed E-state index contributed by atoms with van der Waals surface area (Å²) < 4.78 is 6.41. The Morgan fingerprint density at radius 1 is 1.11 bits per heavy atom.